The van der Waals surface area contributed by atoms with Crippen molar-refractivity contribution >= 4 is 9.76 Å². The molecule has 0 fully saturated rings. The minimum atomic E-state index is -0.714. The average Bonchev–Trinajstić information content (AvgIpc) is 2.61. The van der Waals surface area contributed by atoms with E-state index >= 15 is 0 Å². The molecule has 0 spiro atoms. The van der Waals surface area contributed by atoms with Crippen LogP contribution in [0.4, 0.5) is 0 Å². The van der Waals surface area contributed by atoms with Gasteiger partial charge in [0.1, 0.15) is 0 Å². The standard InChI is InChI=1S/C23H52NOSi/c1-4-5-6-7-8-9-10-11-12-13-14-15-16-17-18-19-21-24(2,3)22-20-23-26-25/h25H,4-23,26H2,1-3H3/q+1. The van der Waals surface area contributed by atoms with E-state index in [2.05, 4.69) is 21.0 Å². The molecule has 0 amide bonds. The molecular weight excluding hydrogens is 334 g/mol. The fraction of sp³-hybridized carbons (Fsp3) is 1.00. The van der Waals surface area contributed by atoms with Crippen LogP contribution in [0.2, 0.25) is 6.04 Å². The number of rotatable bonds is 21. The number of quaternary nitrogens is 1. The Kier molecular flexibility index (Phi) is 20.0. The lowest BCUT2D eigenvalue weighted by atomic mass is 10.0. The van der Waals surface area contributed by atoms with Crippen LogP contribution in [-0.4, -0.2) is 46.2 Å². The Balaban J connectivity index is 3.17. The Labute approximate surface area is 168 Å². The Hall–Kier alpha value is 0.137. The van der Waals surface area contributed by atoms with Crippen LogP contribution in [0.3, 0.4) is 0 Å². The summed E-state index contributed by atoms with van der Waals surface area (Å²) >= 11 is 0. The average molecular weight is 387 g/mol. The predicted octanol–water partition coefficient (Wildman–Crippen LogP) is 6.21. The van der Waals surface area contributed by atoms with Crippen molar-refractivity contribution < 1.29 is 9.28 Å². The van der Waals surface area contributed by atoms with Gasteiger partial charge in [0.2, 0.25) is 0 Å². The van der Waals surface area contributed by atoms with Gasteiger partial charge in [-0.1, -0.05) is 96.8 Å². The summed E-state index contributed by atoms with van der Waals surface area (Å²) in [6, 6.07) is 1.10. The second-order valence-electron chi connectivity index (χ2n) is 9.12. The fourth-order valence-corrected chi connectivity index (χ4v) is 4.30. The Morgan fingerprint density at radius 2 is 0.885 bits per heavy atom. The summed E-state index contributed by atoms with van der Waals surface area (Å²) in [6.07, 6.45) is 24.3. The molecule has 0 aliphatic carbocycles. The van der Waals surface area contributed by atoms with Crippen molar-refractivity contribution in [2.75, 3.05) is 27.2 Å². The van der Waals surface area contributed by atoms with Crippen LogP contribution in [0, 0.1) is 0 Å². The molecule has 3 heteroatoms. The van der Waals surface area contributed by atoms with Gasteiger partial charge in [-0.3, -0.25) is 0 Å². The Morgan fingerprint density at radius 1 is 0.538 bits per heavy atom. The number of nitrogens with zero attached hydrogens (tertiary/aromatic N) is 1. The molecule has 0 aliphatic heterocycles. The smallest absolute Gasteiger partial charge is 0.156 e. The molecule has 0 aromatic rings. The van der Waals surface area contributed by atoms with Crippen LogP contribution in [0.1, 0.15) is 116 Å². The van der Waals surface area contributed by atoms with Crippen molar-refractivity contribution in [1.29, 1.82) is 0 Å². The summed E-state index contributed by atoms with van der Waals surface area (Å²) < 4.78 is 1.15. The fourth-order valence-electron chi connectivity index (χ4n) is 3.85. The van der Waals surface area contributed by atoms with Gasteiger partial charge in [0.25, 0.3) is 0 Å². The molecule has 0 unspecified atom stereocenters. The maximum Gasteiger partial charge on any atom is 0.156 e. The van der Waals surface area contributed by atoms with Gasteiger partial charge in [0.05, 0.1) is 27.2 Å². The van der Waals surface area contributed by atoms with E-state index < -0.39 is 9.76 Å². The summed E-state index contributed by atoms with van der Waals surface area (Å²) in [5, 5.41) is 0. The van der Waals surface area contributed by atoms with Gasteiger partial charge in [-0.15, -0.1) is 0 Å². The van der Waals surface area contributed by atoms with Crippen molar-refractivity contribution in [3.63, 3.8) is 0 Å². The monoisotopic (exact) mass is 386 g/mol. The molecule has 0 aliphatic rings. The molecule has 158 valence electrons. The zero-order valence-electron chi connectivity index (χ0n) is 18.7. The maximum atomic E-state index is 9.02. The summed E-state index contributed by atoms with van der Waals surface area (Å²) in [5.41, 5.74) is 0. The molecule has 0 radical (unpaired) electrons. The van der Waals surface area contributed by atoms with E-state index in [9.17, 15) is 0 Å². The van der Waals surface area contributed by atoms with Gasteiger partial charge in [0.15, 0.2) is 9.76 Å². The zero-order chi connectivity index (χ0) is 19.3. The van der Waals surface area contributed by atoms with Crippen LogP contribution in [0.15, 0.2) is 0 Å². The molecule has 1 N–H and O–H groups in total. The summed E-state index contributed by atoms with van der Waals surface area (Å²) in [7, 11) is 3.99. The predicted molar refractivity (Wildman–Crippen MR) is 122 cm³/mol. The topological polar surface area (TPSA) is 20.2 Å². The van der Waals surface area contributed by atoms with E-state index in [4.69, 9.17) is 4.80 Å². The second-order valence-corrected chi connectivity index (χ2v) is 10.3. The molecule has 0 rings (SSSR count). The normalized spacial score (nSPS) is 12.5. The SMILES string of the molecule is CCCCCCCCCCCCCCCCCC[N+](C)(C)CCC[SiH2]O. The Bertz CT molecular complexity index is 271. The molecule has 0 aromatic carbocycles. The molecule has 0 atom stereocenters. The number of unbranched alkanes of at least 4 members (excludes halogenated alkanes) is 15. The third kappa shape index (κ3) is 20.4. The van der Waals surface area contributed by atoms with E-state index in [1.165, 1.54) is 122 Å². The van der Waals surface area contributed by atoms with Crippen LogP contribution < -0.4 is 0 Å². The molecule has 0 heterocycles. The first kappa shape index (κ1) is 26.1. The molecule has 0 saturated heterocycles. The molecule has 2 nitrogen and oxygen atoms in total. The van der Waals surface area contributed by atoms with Crippen molar-refractivity contribution in [2.24, 2.45) is 0 Å². The summed E-state index contributed by atoms with van der Waals surface area (Å²) in [6.45, 7) is 4.85. The molecule has 26 heavy (non-hydrogen) atoms. The van der Waals surface area contributed by atoms with E-state index in [0.717, 1.165) is 10.5 Å². The highest BCUT2D eigenvalue weighted by molar-refractivity contribution is 6.25. The van der Waals surface area contributed by atoms with Crippen LogP contribution in [0.5, 0.6) is 0 Å². The lowest BCUT2D eigenvalue weighted by molar-refractivity contribution is -0.890. The first-order valence-electron chi connectivity index (χ1n) is 12.1. The van der Waals surface area contributed by atoms with Crippen LogP contribution >= 0.6 is 0 Å². The Morgan fingerprint density at radius 3 is 1.27 bits per heavy atom. The van der Waals surface area contributed by atoms with E-state index in [1.54, 1.807) is 0 Å². The lowest BCUT2D eigenvalue weighted by Gasteiger charge is -2.29. The largest absolute Gasteiger partial charge is 0.438 e. The molecule has 0 saturated carbocycles. The minimum absolute atomic E-state index is 0.714. The zero-order valence-corrected chi connectivity index (χ0v) is 20.2. The molecule has 0 bridgehead atoms. The molecule has 0 aromatic heterocycles. The van der Waals surface area contributed by atoms with Gasteiger partial charge < -0.3 is 9.28 Å². The third-order valence-electron chi connectivity index (χ3n) is 5.79. The van der Waals surface area contributed by atoms with E-state index in [-0.39, 0.29) is 0 Å². The van der Waals surface area contributed by atoms with Crippen LogP contribution in [-0.2, 0) is 0 Å². The highest BCUT2D eigenvalue weighted by atomic mass is 28.2. The maximum absolute atomic E-state index is 9.02. The highest BCUT2D eigenvalue weighted by Crippen LogP contribution is 2.14. The van der Waals surface area contributed by atoms with Crippen molar-refractivity contribution in [3.05, 3.63) is 0 Å². The first-order chi connectivity index (χ1) is 12.6. The van der Waals surface area contributed by atoms with Crippen molar-refractivity contribution in [1.82, 2.24) is 0 Å². The quantitative estimate of drug-likeness (QED) is 0.141. The highest BCUT2D eigenvalue weighted by Gasteiger charge is 2.13. The number of hydrogen-bond acceptors (Lipinski definition) is 1. The van der Waals surface area contributed by atoms with E-state index in [0.29, 0.717) is 0 Å². The summed E-state index contributed by atoms with van der Waals surface area (Å²) in [4.78, 5) is 9.02. The number of hydrogen-bond donors (Lipinski definition) is 1. The van der Waals surface area contributed by atoms with Gasteiger partial charge in [0, 0.05) is 0 Å². The van der Waals surface area contributed by atoms with Crippen LogP contribution in [0.25, 0.3) is 0 Å². The summed E-state index contributed by atoms with van der Waals surface area (Å²) in [5.74, 6) is 0. The van der Waals surface area contributed by atoms with Crippen molar-refractivity contribution in [2.45, 2.75) is 122 Å². The van der Waals surface area contributed by atoms with Gasteiger partial charge >= 0.3 is 0 Å². The molecular formula is C23H52NOSi+. The lowest BCUT2D eigenvalue weighted by Crippen LogP contribution is -2.41. The van der Waals surface area contributed by atoms with E-state index in [1.807, 2.05) is 0 Å². The van der Waals surface area contributed by atoms with Gasteiger partial charge in [-0.2, -0.15) is 0 Å². The first-order valence-corrected chi connectivity index (χ1v) is 13.7. The van der Waals surface area contributed by atoms with Crippen molar-refractivity contribution in [3.8, 4) is 0 Å². The third-order valence-corrected chi connectivity index (χ3v) is 6.60. The minimum Gasteiger partial charge on any atom is -0.438 e. The van der Waals surface area contributed by atoms with Gasteiger partial charge in [-0.25, -0.2) is 0 Å². The second kappa shape index (κ2) is 19.9. The van der Waals surface area contributed by atoms with Gasteiger partial charge in [-0.05, 0) is 25.3 Å².